The Labute approximate surface area is 93.3 Å². The fourth-order valence-electron chi connectivity index (χ4n) is 1.64. The van der Waals surface area contributed by atoms with E-state index in [9.17, 15) is 4.39 Å². The molecule has 0 aromatic carbocycles. The number of furan rings is 1. The second kappa shape index (κ2) is 4.90. The third kappa shape index (κ3) is 2.12. The molecule has 1 atom stereocenters. The molecule has 1 unspecified atom stereocenters. The minimum atomic E-state index is -0.329. The number of aromatic nitrogens is 1. The highest BCUT2D eigenvalue weighted by molar-refractivity contribution is 5.25. The van der Waals surface area contributed by atoms with Crippen molar-refractivity contribution in [2.24, 2.45) is 0 Å². The number of rotatable bonds is 4. The predicted octanol–water partition coefficient (Wildman–Crippen LogP) is 2.51. The highest BCUT2D eigenvalue weighted by Crippen LogP contribution is 2.23. The Hall–Kier alpha value is -1.68. The van der Waals surface area contributed by atoms with E-state index in [0.29, 0.717) is 11.3 Å². The standard InChI is InChI=1S/C12H13FN2O/c1-2-15-12(11-4-3-7-16-11)9-5-6-14-8-10(9)13/h3-8,12,15H,2H2,1H3. The maximum Gasteiger partial charge on any atom is 0.146 e. The third-order valence-electron chi connectivity index (χ3n) is 2.35. The summed E-state index contributed by atoms with van der Waals surface area (Å²) in [4.78, 5) is 3.74. The molecule has 1 N–H and O–H groups in total. The van der Waals surface area contributed by atoms with Crippen LogP contribution < -0.4 is 5.32 Å². The number of hydrogen-bond donors (Lipinski definition) is 1. The van der Waals surface area contributed by atoms with Crippen LogP contribution >= 0.6 is 0 Å². The van der Waals surface area contributed by atoms with Gasteiger partial charge in [-0.05, 0) is 24.7 Å². The lowest BCUT2D eigenvalue weighted by Crippen LogP contribution is -2.22. The van der Waals surface area contributed by atoms with E-state index in [1.807, 2.05) is 13.0 Å². The highest BCUT2D eigenvalue weighted by atomic mass is 19.1. The molecule has 0 aliphatic heterocycles. The Balaban J connectivity index is 2.37. The SMILES string of the molecule is CCNC(c1ccco1)c1ccncc1F. The molecule has 2 rings (SSSR count). The van der Waals surface area contributed by atoms with E-state index < -0.39 is 0 Å². The first-order valence-electron chi connectivity index (χ1n) is 5.19. The summed E-state index contributed by atoms with van der Waals surface area (Å²) in [6.07, 6.45) is 4.37. The van der Waals surface area contributed by atoms with Gasteiger partial charge in [-0.15, -0.1) is 0 Å². The highest BCUT2D eigenvalue weighted by Gasteiger charge is 2.18. The van der Waals surface area contributed by atoms with Crippen LogP contribution in [-0.2, 0) is 0 Å². The molecule has 84 valence electrons. The van der Waals surface area contributed by atoms with Crippen molar-refractivity contribution in [2.75, 3.05) is 6.54 Å². The van der Waals surface area contributed by atoms with E-state index in [2.05, 4.69) is 10.3 Å². The Morgan fingerprint density at radius 3 is 3.00 bits per heavy atom. The van der Waals surface area contributed by atoms with Crippen LogP contribution in [0.15, 0.2) is 41.3 Å². The zero-order valence-corrected chi connectivity index (χ0v) is 8.98. The van der Waals surface area contributed by atoms with Gasteiger partial charge in [0.05, 0.1) is 18.5 Å². The van der Waals surface area contributed by atoms with Crippen molar-refractivity contribution in [3.05, 3.63) is 54.0 Å². The van der Waals surface area contributed by atoms with Crippen molar-refractivity contribution < 1.29 is 8.81 Å². The van der Waals surface area contributed by atoms with Crippen LogP contribution in [0.5, 0.6) is 0 Å². The molecule has 0 fully saturated rings. The summed E-state index contributed by atoms with van der Waals surface area (Å²) in [6, 6.07) is 5.01. The normalized spacial score (nSPS) is 12.6. The van der Waals surface area contributed by atoms with Crippen molar-refractivity contribution in [3.63, 3.8) is 0 Å². The largest absolute Gasteiger partial charge is 0.467 e. The van der Waals surface area contributed by atoms with Crippen LogP contribution in [0.25, 0.3) is 0 Å². The molecule has 0 bridgehead atoms. The summed E-state index contributed by atoms with van der Waals surface area (Å²) < 4.78 is 18.9. The fraction of sp³-hybridized carbons (Fsp3) is 0.250. The minimum absolute atomic E-state index is 0.261. The quantitative estimate of drug-likeness (QED) is 0.860. The van der Waals surface area contributed by atoms with Crippen molar-refractivity contribution >= 4 is 0 Å². The van der Waals surface area contributed by atoms with Crippen LogP contribution in [-0.4, -0.2) is 11.5 Å². The van der Waals surface area contributed by atoms with Gasteiger partial charge in [-0.25, -0.2) is 4.39 Å². The van der Waals surface area contributed by atoms with Crippen molar-refractivity contribution in [1.82, 2.24) is 10.3 Å². The molecule has 0 aliphatic rings. The molecule has 0 saturated carbocycles. The first-order chi connectivity index (χ1) is 7.83. The molecular formula is C12H13FN2O. The van der Waals surface area contributed by atoms with E-state index in [1.165, 1.54) is 6.20 Å². The monoisotopic (exact) mass is 220 g/mol. The molecule has 0 aliphatic carbocycles. The van der Waals surface area contributed by atoms with Crippen molar-refractivity contribution in [2.45, 2.75) is 13.0 Å². The van der Waals surface area contributed by atoms with Crippen molar-refractivity contribution in [1.29, 1.82) is 0 Å². The summed E-state index contributed by atoms with van der Waals surface area (Å²) in [5.74, 6) is 0.372. The summed E-state index contributed by atoms with van der Waals surface area (Å²) in [5, 5.41) is 3.18. The van der Waals surface area contributed by atoms with Crippen molar-refractivity contribution in [3.8, 4) is 0 Å². The fourth-order valence-corrected chi connectivity index (χ4v) is 1.64. The van der Waals surface area contributed by atoms with Gasteiger partial charge in [-0.2, -0.15) is 0 Å². The predicted molar refractivity (Wildman–Crippen MR) is 58.4 cm³/mol. The Kier molecular flexibility index (Phi) is 3.31. The number of pyridine rings is 1. The second-order valence-corrected chi connectivity index (χ2v) is 3.40. The molecule has 0 saturated heterocycles. The topological polar surface area (TPSA) is 38.1 Å². The van der Waals surface area contributed by atoms with Gasteiger partial charge in [0.1, 0.15) is 11.6 Å². The van der Waals surface area contributed by atoms with E-state index >= 15 is 0 Å². The molecule has 2 heterocycles. The zero-order chi connectivity index (χ0) is 11.4. The van der Waals surface area contributed by atoms with Crippen LogP contribution in [0.2, 0.25) is 0 Å². The van der Waals surface area contributed by atoms with Crippen LogP contribution in [0.1, 0.15) is 24.3 Å². The molecule has 2 aromatic heterocycles. The van der Waals surface area contributed by atoms with Gasteiger partial charge in [0.2, 0.25) is 0 Å². The zero-order valence-electron chi connectivity index (χ0n) is 8.98. The summed E-state index contributed by atoms with van der Waals surface area (Å²) in [5.41, 5.74) is 0.548. The number of nitrogens with one attached hydrogen (secondary N) is 1. The van der Waals surface area contributed by atoms with Gasteiger partial charge in [0.15, 0.2) is 0 Å². The first-order valence-corrected chi connectivity index (χ1v) is 5.19. The van der Waals surface area contributed by atoms with Gasteiger partial charge in [0.25, 0.3) is 0 Å². The lowest BCUT2D eigenvalue weighted by Gasteiger charge is -2.16. The third-order valence-corrected chi connectivity index (χ3v) is 2.35. The maximum absolute atomic E-state index is 13.6. The van der Waals surface area contributed by atoms with Gasteiger partial charge in [-0.3, -0.25) is 4.98 Å². The lowest BCUT2D eigenvalue weighted by atomic mass is 10.1. The molecule has 3 nitrogen and oxygen atoms in total. The van der Waals surface area contributed by atoms with Crippen LogP contribution in [0.4, 0.5) is 4.39 Å². The average Bonchev–Trinajstić information content (AvgIpc) is 2.80. The second-order valence-electron chi connectivity index (χ2n) is 3.40. The Morgan fingerprint density at radius 1 is 1.50 bits per heavy atom. The molecule has 16 heavy (non-hydrogen) atoms. The maximum atomic E-state index is 13.6. The van der Waals surface area contributed by atoms with E-state index in [4.69, 9.17) is 4.42 Å². The molecule has 4 heteroatoms. The Morgan fingerprint density at radius 2 is 2.38 bits per heavy atom. The van der Waals surface area contributed by atoms with Gasteiger partial charge < -0.3 is 9.73 Å². The van der Waals surface area contributed by atoms with Gasteiger partial charge in [-0.1, -0.05) is 6.92 Å². The lowest BCUT2D eigenvalue weighted by molar-refractivity contribution is 0.441. The Bertz CT molecular complexity index is 442. The van der Waals surface area contributed by atoms with E-state index in [-0.39, 0.29) is 11.9 Å². The first kappa shape index (κ1) is 10.8. The van der Waals surface area contributed by atoms with E-state index in [1.54, 1.807) is 24.6 Å². The van der Waals surface area contributed by atoms with Crippen LogP contribution in [0.3, 0.4) is 0 Å². The van der Waals surface area contributed by atoms with E-state index in [0.717, 1.165) is 6.54 Å². The molecule has 0 amide bonds. The number of nitrogens with zero attached hydrogens (tertiary/aromatic N) is 1. The van der Waals surface area contributed by atoms with Crippen LogP contribution in [0, 0.1) is 5.82 Å². The van der Waals surface area contributed by atoms with Gasteiger partial charge in [0, 0.05) is 11.8 Å². The molecule has 0 spiro atoms. The minimum Gasteiger partial charge on any atom is -0.467 e. The molecule has 2 aromatic rings. The van der Waals surface area contributed by atoms with Gasteiger partial charge >= 0.3 is 0 Å². The summed E-state index contributed by atoms with van der Waals surface area (Å²) >= 11 is 0. The smallest absolute Gasteiger partial charge is 0.146 e. The molecule has 0 radical (unpaired) electrons. The average molecular weight is 220 g/mol. The number of halogens is 1. The summed E-state index contributed by atoms with van der Waals surface area (Å²) in [6.45, 7) is 2.70. The number of hydrogen-bond acceptors (Lipinski definition) is 3. The summed E-state index contributed by atoms with van der Waals surface area (Å²) in [7, 11) is 0. The molecular weight excluding hydrogens is 207 g/mol.